The molecule has 2 saturated carbocycles. The molecular weight excluding hydrogens is 737 g/mol. The van der Waals surface area contributed by atoms with Crippen molar-refractivity contribution in [2.45, 2.75) is 134 Å². The van der Waals surface area contributed by atoms with E-state index in [0.29, 0.717) is 0 Å². The Kier molecular flexibility index (Phi) is 7.67. The maximum absolute atomic E-state index is 2.94. The van der Waals surface area contributed by atoms with E-state index >= 15 is 0 Å². The van der Waals surface area contributed by atoms with E-state index in [1.807, 2.05) is 0 Å². The van der Waals surface area contributed by atoms with E-state index in [1.165, 1.54) is 123 Å². The molecule has 6 aromatic rings. The first-order valence-corrected chi connectivity index (χ1v) is 23.4. The van der Waals surface area contributed by atoms with Crippen molar-refractivity contribution < 1.29 is 0 Å². The third-order valence-electron chi connectivity index (χ3n) is 17.3. The summed E-state index contributed by atoms with van der Waals surface area (Å²) in [4.78, 5) is 8.44. The maximum Gasteiger partial charge on any atom is 0.252 e. The molecular formula is C57H60BN3. The van der Waals surface area contributed by atoms with Crippen LogP contribution in [0.3, 0.4) is 0 Å². The molecule has 2 fully saturated rings. The van der Waals surface area contributed by atoms with Gasteiger partial charge in [0, 0.05) is 50.6 Å². The molecule has 306 valence electrons. The maximum atomic E-state index is 2.94. The third kappa shape index (κ3) is 4.67. The molecule has 4 heteroatoms. The predicted octanol–water partition coefficient (Wildman–Crippen LogP) is 12.7. The molecule has 0 radical (unpaired) electrons. The number of rotatable bonds is 3. The molecule has 61 heavy (non-hydrogen) atoms. The van der Waals surface area contributed by atoms with Crippen molar-refractivity contribution >= 4 is 62.9 Å². The van der Waals surface area contributed by atoms with Crippen molar-refractivity contribution in [2.75, 3.05) is 14.7 Å². The standard InChI is InChI=1S/C57H60BN3/c1-37-19-18-22-41(31-37)59-48-32-38(2)25-26-45(48)58-46-34-40(53(3,4)5)33-44-52(46)61(55(7)28-15-14-27-54(44,55)6)50-36-42(35-49(59)51(50)58)60-47-24-13-12-23-43(47)57(39-20-10-9-11-21-39)30-17-16-29-56(57,60)8/h9-13,18-26,31-36H,14-17,27-30H2,1-8H3. The van der Waals surface area contributed by atoms with Crippen molar-refractivity contribution in [3.63, 3.8) is 0 Å². The number of anilines is 7. The summed E-state index contributed by atoms with van der Waals surface area (Å²) in [6.07, 6.45) is 9.70. The summed E-state index contributed by atoms with van der Waals surface area (Å²) in [5.41, 5.74) is 22.1. The zero-order chi connectivity index (χ0) is 41.8. The molecule has 4 atom stereocenters. The Bertz CT molecular complexity index is 2820. The lowest BCUT2D eigenvalue weighted by molar-refractivity contribution is 0.195. The van der Waals surface area contributed by atoms with Gasteiger partial charge in [0.25, 0.3) is 6.71 Å². The van der Waals surface area contributed by atoms with Crippen LogP contribution in [-0.4, -0.2) is 17.8 Å². The van der Waals surface area contributed by atoms with E-state index < -0.39 is 0 Å². The number of hydrogen-bond acceptors (Lipinski definition) is 3. The number of hydrogen-bond donors (Lipinski definition) is 0. The first-order chi connectivity index (χ1) is 29.3. The Hall–Kier alpha value is -5.22. The molecule has 12 rings (SSSR count). The average molecular weight is 798 g/mol. The lowest BCUT2D eigenvalue weighted by Crippen LogP contribution is -2.64. The SMILES string of the molecule is Cc1cccc(N2c3cc(C)ccc3B3c4cc(C(C)(C)C)cc5c4N(c4cc(N6c7ccccc7C7(c8ccccc8)CCCCC67C)cc2c43)C2(C)CCCCC52C)c1. The number of para-hydroxylation sites is 1. The summed E-state index contributed by atoms with van der Waals surface area (Å²) in [5.74, 6) is 0. The van der Waals surface area contributed by atoms with Crippen LogP contribution < -0.4 is 31.1 Å². The molecule has 2 aliphatic carbocycles. The number of aryl methyl sites for hydroxylation is 2. The van der Waals surface area contributed by atoms with Crippen LogP contribution in [0.1, 0.15) is 126 Å². The Balaban J connectivity index is 1.22. The quantitative estimate of drug-likeness (QED) is 0.165. The summed E-state index contributed by atoms with van der Waals surface area (Å²) in [6.45, 7) is 19.8. The second-order valence-corrected chi connectivity index (χ2v) is 21.5. The molecule has 3 nitrogen and oxygen atoms in total. The Morgan fingerprint density at radius 2 is 1.23 bits per heavy atom. The van der Waals surface area contributed by atoms with Gasteiger partial charge in [-0.15, -0.1) is 0 Å². The fourth-order valence-electron chi connectivity index (χ4n) is 14.2. The smallest absolute Gasteiger partial charge is 0.252 e. The van der Waals surface area contributed by atoms with E-state index in [-0.39, 0.29) is 34.0 Å². The lowest BCUT2D eigenvalue weighted by Gasteiger charge is -2.54. The van der Waals surface area contributed by atoms with Gasteiger partial charge < -0.3 is 14.7 Å². The molecule has 4 heterocycles. The molecule has 0 saturated heterocycles. The minimum Gasteiger partial charge on any atom is -0.335 e. The fraction of sp³-hybridized carbons (Fsp3) is 0.368. The minimum absolute atomic E-state index is 0.0234. The number of nitrogens with zero attached hydrogens (tertiary/aromatic N) is 3. The highest BCUT2D eigenvalue weighted by Crippen LogP contribution is 2.66. The predicted molar refractivity (Wildman–Crippen MR) is 259 cm³/mol. The highest BCUT2D eigenvalue weighted by molar-refractivity contribution is 7.00. The van der Waals surface area contributed by atoms with Gasteiger partial charge in [-0.2, -0.15) is 0 Å². The van der Waals surface area contributed by atoms with E-state index in [9.17, 15) is 0 Å². The molecule has 0 N–H and O–H groups in total. The number of benzene rings is 6. The molecule has 4 unspecified atom stereocenters. The van der Waals surface area contributed by atoms with Crippen LogP contribution in [0.2, 0.25) is 0 Å². The normalized spacial score (nSPS) is 26.6. The third-order valence-corrected chi connectivity index (χ3v) is 17.3. The monoisotopic (exact) mass is 797 g/mol. The van der Waals surface area contributed by atoms with Crippen LogP contribution in [0.5, 0.6) is 0 Å². The summed E-state index contributed by atoms with van der Waals surface area (Å²) in [7, 11) is 0. The highest BCUT2D eigenvalue weighted by Gasteiger charge is 2.64. The van der Waals surface area contributed by atoms with Gasteiger partial charge >= 0.3 is 0 Å². The highest BCUT2D eigenvalue weighted by atomic mass is 15.3. The van der Waals surface area contributed by atoms with Gasteiger partial charge in [-0.05, 0) is 145 Å². The number of fused-ring (bicyclic) bond motifs is 10. The summed E-state index contributed by atoms with van der Waals surface area (Å²) in [6, 6.07) is 48.2. The van der Waals surface area contributed by atoms with Crippen molar-refractivity contribution in [2.24, 2.45) is 0 Å². The Morgan fingerprint density at radius 3 is 2.02 bits per heavy atom. The fourth-order valence-corrected chi connectivity index (χ4v) is 14.2. The van der Waals surface area contributed by atoms with Gasteiger partial charge in [-0.25, -0.2) is 0 Å². The van der Waals surface area contributed by atoms with Crippen LogP contribution in [0.15, 0.2) is 121 Å². The van der Waals surface area contributed by atoms with Crippen LogP contribution in [0.4, 0.5) is 39.8 Å². The summed E-state index contributed by atoms with van der Waals surface area (Å²) >= 11 is 0. The van der Waals surface area contributed by atoms with Gasteiger partial charge in [0.1, 0.15) is 0 Å². The van der Waals surface area contributed by atoms with Crippen molar-refractivity contribution in [1.29, 1.82) is 0 Å². The molecule has 0 amide bonds. The van der Waals surface area contributed by atoms with E-state index in [4.69, 9.17) is 0 Å². The summed E-state index contributed by atoms with van der Waals surface area (Å²) < 4.78 is 0. The molecule has 6 aromatic carbocycles. The van der Waals surface area contributed by atoms with Crippen LogP contribution in [-0.2, 0) is 16.2 Å². The second kappa shape index (κ2) is 12.5. The molecule has 6 aliphatic rings. The van der Waals surface area contributed by atoms with Crippen molar-refractivity contribution in [3.05, 3.63) is 155 Å². The van der Waals surface area contributed by atoms with Gasteiger partial charge in [0.05, 0.1) is 11.1 Å². The zero-order valence-corrected chi connectivity index (χ0v) is 37.6. The average Bonchev–Trinajstić information content (AvgIpc) is 3.62. The Morgan fingerprint density at radius 1 is 0.525 bits per heavy atom. The van der Waals surface area contributed by atoms with Gasteiger partial charge in [-0.1, -0.05) is 138 Å². The first-order valence-electron chi connectivity index (χ1n) is 23.4. The van der Waals surface area contributed by atoms with Crippen molar-refractivity contribution in [3.8, 4) is 0 Å². The minimum atomic E-state index is -0.165. The van der Waals surface area contributed by atoms with Gasteiger partial charge in [0.15, 0.2) is 0 Å². The molecule has 0 bridgehead atoms. The van der Waals surface area contributed by atoms with Gasteiger partial charge in [-0.3, -0.25) is 0 Å². The van der Waals surface area contributed by atoms with Crippen molar-refractivity contribution in [1.82, 2.24) is 0 Å². The first kappa shape index (κ1) is 37.5. The second-order valence-electron chi connectivity index (χ2n) is 21.5. The zero-order valence-electron chi connectivity index (χ0n) is 37.6. The molecule has 0 spiro atoms. The molecule has 4 aliphatic heterocycles. The van der Waals surface area contributed by atoms with E-state index in [2.05, 4.69) is 191 Å². The van der Waals surface area contributed by atoms with Crippen LogP contribution in [0.25, 0.3) is 0 Å². The molecule has 0 aromatic heterocycles. The van der Waals surface area contributed by atoms with E-state index in [0.717, 1.165) is 12.8 Å². The lowest BCUT2D eigenvalue weighted by atomic mass is 9.33. The van der Waals surface area contributed by atoms with Crippen LogP contribution in [0, 0.1) is 13.8 Å². The van der Waals surface area contributed by atoms with Crippen LogP contribution >= 0.6 is 0 Å². The largest absolute Gasteiger partial charge is 0.335 e. The summed E-state index contributed by atoms with van der Waals surface area (Å²) in [5, 5.41) is 0. The van der Waals surface area contributed by atoms with Gasteiger partial charge in [0.2, 0.25) is 0 Å². The topological polar surface area (TPSA) is 9.72 Å². The van der Waals surface area contributed by atoms with E-state index in [1.54, 1.807) is 5.56 Å². The Labute approximate surface area is 364 Å².